The number of amides is 1. The fraction of sp³-hybridized carbons (Fsp3) is 0.474. The van der Waals surface area contributed by atoms with Crippen LogP contribution in [0, 0.1) is 11.3 Å². The number of morpholine rings is 1. The Kier molecular flexibility index (Phi) is 8.62. The molecule has 0 aromatic heterocycles. The zero-order chi connectivity index (χ0) is 18.8. The largest absolute Gasteiger partial charge is 0.496 e. The van der Waals surface area contributed by atoms with Gasteiger partial charge in [0.2, 0.25) is 5.91 Å². The van der Waals surface area contributed by atoms with Crippen LogP contribution in [-0.4, -0.2) is 68.8 Å². The first-order valence-electron chi connectivity index (χ1n) is 8.61. The Balaban J connectivity index is 2.00. The first-order valence-corrected chi connectivity index (χ1v) is 9.41. The van der Waals surface area contributed by atoms with Crippen LogP contribution in [0.1, 0.15) is 12.0 Å². The molecule has 1 aliphatic rings. The van der Waals surface area contributed by atoms with Gasteiger partial charge in [-0.1, -0.05) is 15.9 Å². The number of benzene rings is 1. The predicted molar refractivity (Wildman–Crippen MR) is 104 cm³/mol. The standard InChI is InChI=1S/C19H24BrN3O3/c1-25-18-5-4-17(20)15-16(18)3-6-19(24)23(8-2-7-21)10-9-22-11-13-26-14-12-22/h3-6,15H,2,8-14H2,1H3/b6-3+. The van der Waals surface area contributed by atoms with E-state index in [-0.39, 0.29) is 5.91 Å². The van der Waals surface area contributed by atoms with Crippen molar-refractivity contribution < 1.29 is 14.3 Å². The fourth-order valence-electron chi connectivity index (χ4n) is 2.71. The van der Waals surface area contributed by atoms with Crippen LogP contribution in [0.5, 0.6) is 5.75 Å². The van der Waals surface area contributed by atoms with E-state index in [9.17, 15) is 4.79 Å². The van der Waals surface area contributed by atoms with Crippen molar-refractivity contribution in [2.75, 3.05) is 53.0 Å². The van der Waals surface area contributed by atoms with Crippen molar-refractivity contribution in [1.82, 2.24) is 9.80 Å². The summed E-state index contributed by atoms with van der Waals surface area (Å²) in [5.41, 5.74) is 0.823. The molecule has 26 heavy (non-hydrogen) atoms. The second-order valence-corrected chi connectivity index (χ2v) is 6.82. The number of carbonyl (C=O) groups excluding carboxylic acids is 1. The zero-order valence-corrected chi connectivity index (χ0v) is 16.6. The summed E-state index contributed by atoms with van der Waals surface area (Å²) in [6.45, 7) is 5.04. The van der Waals surface area contributed by atoms with E-state index in [1.807, 2.05) is 18.2 Å². The minimum atomic E-state index is -0.101. The van der Waals surface area contributed by atoms with E-state index in [0.717, 1.165) is 42.9 Å². The molecule has 0 radical (unpaired) electrons. The highest BCUT2D eigenvalue weighted by molar-refractivity contribution is 9.10. The lowest BCUT2D eigenvalue weighted by Gasteiger charge is -2.29. The summed E-state index contributed by atoms with van der Waals surface area (Å²) in [5.74, 6) is 0.602. The summed E-state index contributed by atoms with van der Waals surface area (Å²) in [7, 11) is 1.60. The van der Waals surface area contributed by atoms with Crippen LogP contribution >= 0.6 is 15.9 Å². The van der Waals surface area contributed by atoms with Gasteiger partial charge in [0.25, 0.3) is 0 Å². The minimum absolute atomic E-state index is 0.101. The highest BCUT2D eigenvalue weighted by Crippen LogP contribution is 2.24. The second kappa shape index (κ2) is 11.0. The molecule has 1 heterocycles. The van der Waals surface area contributed by atoms with E-state index in [1.54, 1.807) is 24.2 Å². The summed E-state index contributed by atoms with van der Waals surface area (Å²) in [6.07, 6.45) is 3.61. The minimum Gasteiger partial charge on any atom is -0.496 e. The molecule has 0 bridgehead atoms. The van der Waals surface area contributed by atoms with Gasteiger partial charge in [-0.2, -0.15) is 5.26 Å². The smallest absolute Gasteiger partial charge is 0.246 e. The van der Waals surface area contributed by atoms with Crippen LogP contribution in [0.3, 0.4) is 0 Å². The van der Waals surface area contributed by atoms with Crippen molar-refractivity contribution in [2.24, 2.45) is 0 Å². The maximum atomic E-state index is 12.6. The van der Waals surface area contributed by atoms with E-state index in [2.05, 4.69) is 26.9 Å². The maximum Gasteiger partial charge on any atom is 0.246 e. The normalized spacial score (nSPS) is 15.0. The monoisotopic (exact) mass is 421 g/mol. The highest BCUT2D eigenvalue weighted by Gasteiger charge is 2.15. The number of ether oxygens (including phenoxy) is 2. The van der Waals surface area contributed by atoms with Gasteiger partial charge < -0.3 is 14.4 Å². The Morgan fingerprint density at radius 3 is 2.88 bits per heavy atom. The molecule has 7 heteroatoms. The van der Waals surface area contributed by atoms with E-state index in [1.165, 1.54) is 0 Å². The Hall–Kier alpha value is -1.88. The summed E-state index contributed by atoms with van der Waals surface area (Å²) in [6, 6.07) is 7.75. The number of hydrogen-bond acceptors (Lipinski definition) is 5. The quantitative estimate of drug-likeness (QED) is 0.603. The van der Waals surface area contributed by atoms with Crippen molar-refractivity contribution in [3.05, 3.63) is 34.3 Å². The van der Waals surface area contributed by atoms with E-state index >= 15 is 0 Å². The number of methoxy groups -OCH3 is 1. The van der Waals surface area contributed by atoms with Crippen molar-refractivity contribution in [3.63, 3.8) is 0 Å². The Bertz CT molecular complexity index is 666. The highest BCUT2D eigenvalue weighted by atomic mass is 79.9. The number of hydrogen-bond donors (Lipinski definition) is 0. The van der Waals surface area contributed by atoms with Crippen LogP contribution in [-0.2, 0) is 9.53 Å². The average molecular weight is 422 g/mol. The Morgan fingerprint density at radius 1 is 1.42 bits per heavy atom. The molecule has 1 aromatic rings. The van der Waals surface area contributed by atoms with Gasteiger partial charge in [-0.15, -0.1) is 0 Å². The molecule has 0 aliphatic carbocycles. The molecule has 0 spiro atoms. The van der Waals surface area contributed by atoms with Crippen LogP contribution < -0.4 is 4.74 Å². The lowest BCUT2D eigenvalue weighted by molar-refractivity contribution is -0.126. The van der Waals surface area contributed by atoms with Crippen molar-refractivity contribution >= 4 is 27.9 Å². The number of rotatable bonds is 8. The summed E-state index contributed by atoms with van der Waals surface area (Å²) in [5, 5.41) is 8.87. The van der Waals surface area contributed by atoms with Gasteiger partial charge in [0, 0.05) is 48.8 Å². The van der Waals surface area contributed by atoms with Gasteiger partial charge in [-0.05, 0) is 24.3 Å². The van der Waals surface area contributed by atoms with Crippen LogP contribution in [0.4, 0.5) is 0 Å². The SMILES string of the molecule is COc1ccc(Br)cc1/C=C/C(=O)N(CCC#N)CCN1CCOCC1. The molecule has 0 N–H and O–H groups in total. The molecule has 2 rings (SSSR count). The number of nitriles is 1. The van der Waals surface area contributed by atoms with Gasteiger partial charge in [0.15, 0.2) is 0 Å². The average Bonchev–Trinajstić information content (AvgIpc) is 2.67. The van der Waals surface area contributed by atoms with Gasteiger partial charge in [-0.3, -0.25) is 9.69 Å². The first-order chi connectivity index (χ1) is 12.6. The van der Waals surface area contributed by atoms with Gasteiger partial charge in [0.05, 0.1) is 32.8 Å². The lowest BCUT2D eigenvalue weighted by atomic mass is 10.2. The van der Waals surface area contributed by atoms with Gasteiger partial charge in [0.1, 0.15) is 5.75 Å². The third-order valence-electron chi connectivity index (χ3n) is 4.19. The summed E-state index contributed by atoms with van der Waals surface area (Å²) in [4.78, 5) is 16.6. The molecule has 0 saturated carbocycles. The Labute approximate surface area is 163 Å². The third-order valence-corrected chi connectivity index (χ3v) is 4.69. The van der Waals surface area contributed by atoms with E-state index < -0.39 is 0 Å². The molecule has 0 unspecified atom stereocenters. The van der Waals surface area contributed by atoms with Crippen molar-refractivity contribution in [3.8, 4) is 11.8 Å². The second-order valence-electron chi connectivity index (χ2n) is 5.91. The number of nitrogens with zero attached hydrogens (tertiary/aromatic N) is 3. The molecule has 1 fully saturated rings. The zero-order valence-electron chi connectivity index (χ0n) is 15.0. The number of carbonyl (C=O) groups is 1. The molecule has 1 amide bonds. The summed E-state index contributed by atoms with van der Waals surface area (Å²) >= 11 is 3.43. The molecule has 1 saturated heterocycles. The van der Waals surface area contributed by atoms with E-state index in [0.29, 0.717) is 25.3 Å². The predicted octanol–water partition coefficient (Wildman–Crippen LogP) is 2.55. The van der Waals surface area contributed by atoms with Crippen molar-refractivity contribution in [2.45, 2.75) is 6.42 Å². The fourth-order valence-corrected chi connectivity index (χ4v) is 3.08. The summed E-state index contributed by atoms with van der Waals surface area (Å²) < 4.78 is 11.6. The first kappa shape index (κ1) is 20.4. The van der Waals surface area contributed by atoms with Gasteiger partial charge in [-0.25, -0.2) is 0 Å². The third kappa shape index (κ3) is 6.45. The Morgan fingerprint density at radius 2 is 2.19 bits per heavy atom. The van der Waals surface area contributed by atoms with Crippen LogP contribution in [0.25, 0.3) is 6.08 Å². The molecule has 0 atom stereocenters. The maximum absolute atomic E-state index is 12.6. The molecular formula is C19H24BrN3O3. The lowest BCUT2D eigenvalue weighted by Crippen LogP contribution is -2.43. The van der Waals surface area contributed by atoms with Gasteiger partial charge >= 0.3 is 0 Å². The molecular weight excluding hydrogens is 398 g/mol. The molecule has 140 valence electrons. The van der Waals surface area contributed by atoms with Crippen LogP contribution in [0.15, 0.2) is 28.7 Å². The van der Waals surface area contributed by atoms with Crippen molar-refractivity contribution in [1.29, 1.82) is 5.26 Å². The molecule has 1 aromatic carbocycles. The topological polar surface area (TPSA) is 65.8 Å². The molecule has 6 nitrogen and oxygen atoms in total. The van der Waals surface area contributed by atoms with E-state index in [4.69, 9.17) is 14.7 Å². The van der Waals surface area contributed by atoms with Crippen LogP contribution in [0.2, 0.25) is 0 Å². The number of halogens is 1. The molecule has 1 aliphatic heterocycles.